The number of hydrogen-bond acceptors (Lipinski definition) is 5. The van der Waals surface area contributed by atoms with Crippen LogP contribution in [0.25, 0.3) is 10.6 Å². The van der Waals surface area contributed by atoms with Crippen LogP contribution in [0.3, 0.4) is 0 Å². The molecule has 2 rings (SSSR count). The van der Waals surface area contributed by atoms with Gasteiger partial charge < -0.3 is 10.1 Å². The van der Waals surface area contributed by atoms with Crippen LogP contribution < -0.4 is 10.1 Å². The van der Waals surface area contributed by atoms with Crippen LogP contribution in [0.5, 0.6) is 5.75 Å². The number of carbonyl (C=O) groups excluding carboxylic acids is 1. The molecule has 0 aliphatic carbocycles. The molecule has 0 saturated carbocycles. The predicted octanol–water partition coefficient (Wildman–Crippen LogP) is 2.98. The maximum atomic E-state index is 12.3. The zero-order valence-corrected chi connectivity index (χ0v) is 15.7. The van der Waals surface area contributed by atoms with Gasteiger partial charge in [-0.05, 0) is 37.6 Å². The van der Waals surface area contributed by atoms with E-state index in [1.54, 1.807) is 14.0 Å². The van der Waals surface area contributed by atoms with Gasteiger partial charge in [0.15, 0.2) is 0 Å². The molecule has 2 atom stereocenters. The van der Waals surface area contributed by atoms with Gasteiger partial charge in [-0.1, -0.05) is 6.92 Å². The molecule has 130 valence electrons. The second-order valence-electron chi connectivity index (χ2n) is 5.33. The standard InChI is InChI=1S/C17H22N2O3S2/c1-4-9-18-16(20)12(2)24(21)11-14-10-23-17(19-14)13-5-7-15(22-3)8-6-13/h5-8,10,12H,4,9,11H2,1-3H3,(H,18,20). The van der Waals surface area contributed by atoms with Crippen LogP contribution in [-0.4, -0.2) is 34.0 Å². The van der Waals surface area contributed by atoms with E-state index in [0.717, 1.165) is 28.4 Å². The highest BCUT2D eigenvalue weighted by molar-refractivity contribution is 7.85. The lowest BCUT2D eigenvalue weighted by atomic mass is 10.2. The zero-order valence-electron chi connectivity index (χ0n) is 14.1. The average Bonchev–Trinajstić information content (AvgIpc) is 3.07. The molecule has 0 bridgehead atoms. The van der Waals surface area contributed by atoms with Gasteiger partial charge in [-0.3, -0.25) is 9.00 Å². The van der Waals surface area contributed by atoms with Crippen LogP contribution in [0.2, 0.25) is 0 Å². The maximum absolute atomic E-state index is 12.3. The fraction of sp³-hybridized carbons (Fsp3) is 0.412. The van der Waals surface area contributed by atoms with Gasteiger partial charge in [-0.2, -0.15) is 0 Å². The summed E-state index contributed by atoms with van der Waals surface area (Å²) in [4.78, 5) is 16.4. The number of amides is 1. The summed E-state index contributed by atoms with van der Waals surface area (Å²) in [5.74, 6) is 0.914. The highest BCUT2D eigenvalue weighted by Crippen LogP contribution is 2.26. The van der Waals surface area contributed by atoms with Crippen molar-refractivity contribution < 1.29 is 13.7 Å². The Morgan fingerprint density at radius 3 is 2.71 bits per heavy atom. The molecule has 2 unspecified atom stereocenters. The van der Waals surface area contributed by atoms with Gasteiger partial charge in [-0.15, -0.1) is 11.3 Å². The second-order valence-corrected chi connectivity index (χ2v) is 7.95. The summed E-state index contributed by atoms with van der Waals surface area (Å²) >= 11 is 1.51. The number of rotatable bonds is 8. The van der Waals surface area contributed by atoms with Gasteiger partial charge in [0.2, 0.25) is 5.91 Å². The third-order valence-corrected chi connectivity index (χ3v) is 6.01. The Bertz CT molecular complexity index is 698. The van der Waals surface area contributed by atoms with Crippen LogP contribution in [0.4, 0.5) is 0 Å². The summed E-state index contributed by atoms with van der Waals surface area (Å²) < 4.78 is 17.5. The first-order valence-electron chi connectivity index (χ1n) is 7.78. The number of ether oxygens (including phenoxy) is 1. The first-order chi connectivity index (χ1) is 11.5. The molecular weight excluding hydrogens is 344 g/mol. The van der Waals surface area contributed by atoms with Crippen molar-refractivity contribution in [1.82, 2.24) is 10.3 Å². The Balaban J connectivity index is 1.99. The molecule has 1 aromatic carbocycles. The normalized spacial score (nSPS) is 13.3. The number of nitrogens with one attached hydrogen (secondary N) is 1. The third kappa shape index (κ3) is 4.88. The molecule has 0 radical (unpaired) electrons. The summed E-state index contributed by atoms with van der Waals surface area (Å²) in [7, 11) is 0.343. The summed E-state index contributed by atoms with van der Waals surface area (Å²) in [6.07, 6.45) is 0.863. The van der Waals surface area contributed by atoms with E-state index in [1.807, 2.05) is 36.6 Å². The lowest BCUT2D eigenvalue weighted by Gasteiger charge is -2.10. The van der Waals surface area contributed by atoms with E-state index in [4.69, 9.17) is 4.74 Å². The molecule has 2 aromatic rings. The van der Waals surface area contributed by atoms with E-state index < -0.39 is 16.0 Å². The van der Waals surface area contributed by atoms with Gasteiger partial charge >= 0.3 is 0 Å². The van der Waals surface area contributed by atoms with Crippen LogP contribution in [-0.2, 0) is 21.3 Å². The van der Waals surface area contributed by atoms with Gasteiger partial charge in [0.1, 0.15) is 16.0 Å². The minimum atomic E-state index is -1.29. The fourth-order valence-corrected chi connectivity index (χ4v) is 3.96. The molecule has 0 spiro atoms. The van der Waals surface area contributed by atoms with E-state index >= 15 is 0 Å². The molecule has 5 nitrogen and oxygen atoms in total. The third-order valence-electron chi connectivity index (χ3n) is 3.49. The van der Waals surface area contributed by atoms with Crippen molar-refractivity contribution in [2.24, 2.45) is 0 Å². The quantitative estimate of drug-likeness (QED) is 0.780. The Kier molecular flexibility index (Phi) is 6.93. The molecule has 1 N–H and O–H groups in total. The Labute approximate surface area is 148 Å². The van der Waals surface area contributed by atoms with Crippen LogP contribution >= 0.6 is 11.3 Å². The molecule has 0 fully saturated rings. The zero-order chi connectivity index (χ0) is 17.5. The van der Waals surface area contributed by atoms with Gasteiger partial charge in [0.25, 0.3) is 0 Å². The van der Waals surface area contributed by atoms with Crippen molar-refractivity contribution in [3.05, 3.63) is 35.3 Å². The van der Waals surface area contributed by atoms with Crippen molar-refractivity contribution in [2.75, 3.05) is 13.7 Å². The number of nitrogens with zero attached hydrogens (tertiary/aromatic N) is 1. The number of carbonyl (C=O) groups is 1. The van der Waals surface area contributed by atoms with Crippen molar-refractivity contribution in [1.29, 1.82) is 0 Å². The maximum Gasteiger partial charge on any atom is 0.235 e. The summed E-state index contributed by atoms with van der Waals surface area (Å²) in [5.41, 5.74) is 1.74. The lowest BCUT2D eigenvalue weighted by molar-refractivity contribution is -0.120. The highest BCUT2D eigenvalue weighted by Gasteiger charge is 2.20. The smallest absolute Gasteiger partial charge is 0.235 e. The molecule has 0 saturated heterocycles. The van der Waals surface area contributed by atoms with E-state index in [-0.39, 0.29) is 11.7 Å². The van der Waals surface area contributed by atoms with Crippen LogP contribution in [0.15, 0.2) is 29.6 Å². The Hall–Kier alpha value is -1.73. The van der Waals surface area contributed by atoms with Gasteiger partial charge in [0, 0.05) is 28.3 Å². The van der Waals surface area contributed by atoms with Crippen molar-refractivity contribution in [3.63, 3.8) is 0 Å². The molecule has 1 heterocycles. The lowest BCUT2D eigenvalue weighted by Crippen LogP contribution is -2.36. The molecule has 0 aliphatic heterocycles. The fourth-order valence-electron chi connectivity index (χ4n) is 2.02. The number of benzene rings is 1. The van der Waals surface area contributed by atoms with Crippen molar-refractivity contribution in [3.8, 4) is 16.3 Å². The largest absolute Gasteiger partial charge is 0.497 e. The summed E-state index contributed by atoms with van der Waals surface area (Å²) in [6.45, 7) is 4.29. The van der Waals surface area contributed by atoms with E-state index in [1.165, 1.54) is 11.3 Å². The van der Waals surface area contributed by atoms with Crippen molar-refractivity contribution >= 4 is 28.0 Å². The highest BCUT2D eigenvalue weighted by atomic mass is 32.2. The molecule has 7 heteroatoms. The summed E-state index contributed by atoms with van der Waals surface area (Å²) in [5, 5.41) is 5.01. The second kappa shape index (κ2) is 8.94. The van der Waals surface area contributed by atoms with Gasteiger partial charge in [0.05, 0.1) is 18.6 Å². The number of methoxy groups -OCH3 is 1. The minimum absolute atomic E-state index is 0.166. The minimum Gasteiger partial charge on any atom is -0.497 e. The molecule has 1 amide bonds. The molecule has 1 aromatic heterocycles. The first kappa shape index (κ1) is 18.6. The number of thiazole rings is 1. The number of hydrogen-bond donors (Lipinski definition) is 1. The molecule has 0 aliphatic rings. The predicted molar refractivity (Wildman–Crippen MR) is 98.7 cm³/mol. The molecule has 24 heavy (non-hydrogen) atoms. The molecular formula is C17H22N2O3S2. The van der Waals surface area contributed by atoms with E-state index in [0.29, 0.717) is 6.54 Å². The van der Waals surface area contributed by atoms with Crippen molar-refractivity contribution in [2.45, 2.75) is 31.3 Å². The average molecular weight is 367 g/mol. The topological polar surface area (TPSA) is 68.3 Å². The Morgan fingerprint density at radius 1 is 1.38 bits per heavy atom. The number of aromatic nitrogens is 1. The van der Waals surface area contributed by atoms with Gasteiger partial charge in [-0.25, -0.2) is 4.98 Å². The van der Waals surface area contributed by atoms with Crippen LogP contribution in [0, 0.1) is 0 Å². The first-order valence-corrected chi connectivity index (χ1v) is 10.0. The Morgan fingerprint density at radius 2 is 2.08 bits per heavy atom. The SMILES string of the molecule is CCCNC(=O)C(C)S(=O)Cc1csc(-c2ccc(OC)cc2)n1. The van der Waals surface area contributed by atoms with E-state index in [2.05, 4.69) is 10.3 Å². The van der Waals surface area contributed by atoms with E-state index in [9.17, 15) is 9.00 Å². The summed E-state index contributed by atoms with van der Waals surface area (Å²) in [6, 6.07) is 7.65. The monoisotopic (exact) mass is 366 g/mol. The van der Waals surface area contributed by atoms with Crippen LogP contribution in [0.1, 0.15) is 26.0 Å².